The van der Waals surface area contributed by atoms with Gasteiger partial charge < -0.3 is 15.6 Å². The zero-order valence-corrected chi connectivity index (χ0v) is 19.8. The van der Waals surface area contributed by atoms with Gasteiger partial charge in [0.2, 0.25) is 0 Å². The molecule has 1 saturated heterocycles. The van der Waals surface area contributed by atoms with Crippen molar-refractivity contribution in [2.24, 2.45) is 0 Å². The maximum atomic E-state index is 6.39. The van der Waals surface area contributed by atoms with Crippen LogP contribution in [0.4, 0.5) is 5.82 Å². The predicted octanol–water partition coefficient (Wildman–Crippen LogP) is 4.59. The molecular formula is C26H30N8O. The largest absolute Gasteiger partial charge is 0.383 e. The highest BCUT2D eigenvalue weighted by molar-refractivity contribution is 6.00. The average molecular weight is 471 g/mol. The molecule has 0 unspecified atom stereocenters. The minimum absolute atomic E-state index is 0.321. The molecule has 4 aromatic heterocycles. The van der Waals surface area contributed by atoms with Gasteiger partial charge in [0, 0.05) is 12.1 Å². The molecule has 2 aliphatic carbocycles. The van der Waals surface area contributed by atoms with E-state index in [9.17, 15) is 0 Å². The SMILES string of the molecule is Nc1ncnc2c1c(-c1noc(C3CC3)c1-c1ccc(C3CCNCC3)cn1)nn2C1CCCC1. The highest BCUT2D eigenvalue weighted by Gasteiger charge is 2.36. The topological polar surface area (TPSA) is 121 Å². The number of hydrogen-bond donors (Lipinski definition) is 2. The van der Waals surface area contributed by atoms with Crippen molar-refractivity contribution in [1.29, 1.82) is 0 Å². The number of nitrogens with one attached hydrogen (secondary N) is 1. The first kappa shape index (κ1) is 21.0. The Bertz CT molecular complexity index is 1360. The number of hydrogen-bond acceptors (Lipinski definition) is 8. The van der Waals surface area contributed by atoms with Gasteiger partial charge in [0.15, 0.2) is 5.65 Å². The van der Waals surface area contributed by atoms with Gasteiger partial charge in [0.25, 0.3) is 0 Å². The van der Waals surface area contributed by atoms with Crippen LogP contribution in [0.5, 0.6) is 0 Å². The number of nitrogen functional groups attached to an aromatic ring is 1. The van der Waals surface area contributed by atoms with E-state index in [1.54, 1.807) is 0 Å². The second kappa shape index (κ2) is 8.41. The van der Waals surface area contributed by atoms with Crippen molar-refractivity contribution in [3.8, 4) is 22.6 Å². The van der Waals surface area contributed by atoms with Crippen LogP contribution in [0.1, 0.15) is 80.6 Å². The van der Waals surface area contributed by atoms with Gasteiger partial charge in [-0.05, 0) is 69.2 Å². The highest BCUT2D eigenvalue weighted by Crippen LogP contribution is 2.48. The van der Waals surface area contributed by atoms with Crippen molar-refractivity contribution < 1.29 is 4.52 Å². The Balaban J connectivity index is 1.36. The average Bonchev–Trinajstić information content (AvgIpc) is 3.28. The number of rotatable bonds is 5. The molecule has 3 fully saturated rings. The molecule has 0 aromatic carbocycles. The number of nitrogens with zero attached hydrogens (tertiary/aromatic N) is 6. The minimum Gasteiger partial charge on any atom is -0.383 e. The molecule has 4 aromatic rings. The van der Waals surface area contributed by atoms with Crippen molar-refractivity contribution in [2.45, 2.75) is 69.2 Å². The van der Waals surface area contributed by atoms with Crippen LogP contribution in [0.3, 0.4) is 0 Å². The fourth-order valence-corrected chi connectivity index (χ4v) is 5.85. The van der Waals surface area contributed by atoms with Gasteiger partial charge in [0.05, 0.1) is 22.7 Å². The summed E-state index contributed by atoms with van der Waals surface area (Å²) >= 11 is 0. The van der Waals surface area contributed by atoms with Crippen LogP contribution in [0.25, 0.3) is 33.7 Å². The van der Waals surface area contributed by atoms with Crippen molar-refractivity contribution >= 4 is 16.9 Å². The van der Waals surface area contributed by atoms with Crippen molar-refractivity contribution in [1.82, 2.24) is 35.2 Å². The van der Waals surface area contributed by atoms with Crippen LogP contribution >= 0.6 is 0 Å². The lowest BCUT2D eigenvalue weighted by Crippen LogP contribution is -2.26. The minimum atomic E-state index is 0.321. The van der Waals surface area contributed by atoms with E-state index >= 15 is 0 Å². The Hall–Kier alpha value is -3.33. The number of pyridine rings is 1. The van der Waals surface area contributed by atoms with Crippen LogP contribution in [-0.2, 0) is 0 Å². The van der Waals surface area contributed by atoms with Gasteiger partial charge >= 0.3 is 0 Å². The van der Waals surface area contributed by atoms with E-state index in [4.69, 9.17) is 20.3 Å². The summed E-state index contributed by atoms with van der Waals surface area (Å²) in [6.45, 7) is 2.13. The lowest BCUT2D eigenvalue weighted by molar-refractivity contribution is 0.386. The Morgan fingerprint density at radius 1 is 0.914 bits per heavy atom. The molecule has 2 saturated carbocycles. The number of piperidine rings is 1. The highest BCUT2D eigenvalue weighted by atomic mass is 16.5. The summed E-state index contributed by atoms with van der Waals surface area (Å²) in [5.74, 6) is 2.27. The van der Waals surface area contributed by atoms with Crippen molar-refractivity contribution in [3.63, 3.8) is 0 Å². The second-order valence-corrected chi connectivity index (χ2v) is 10.2. The molecule has 0 spiro atoms. The first-order chi connectivity index (χ1) is 17.3. The molecule has 180 valence electrons. The first-order valence-electron chi connectivity index (χ1n) is 12.9. The third-order valence-electron chi connectivity index (χ3n) is 7.93. The molecule has 1 aliphatic heterocycles. The van der Waals surface area contributed by atoms with E-state index in [1.165, 1.54) is 24.7 Å². The van der Waals surface area contributed by atoms with Gasteiger partial charge in [-0.2, -0.15) is 5.10 Å². The molecule has 0 bridgehead atoms. The predicted molar refractivity (Wildman–Crippen MR) is 133 cm³/mol. The quantitative estimate of drug-likeness (QED) is 0.435. The molecular weight excluding hydrogens is 440 g/mol. The molecule has 9 heteroatoms. The van der Waals surface area contributed by atoms with Gasteiger partial charge in [0.1, 0.15) is 29.3 Å². The fourth-order valence-electron chi connectivity index (χ4n) is 5.85. The standard InChI is InChI=1S/C26H30N8O/c27-25-21-22(32-34(18-3-1-2-4-18)26(21)31-14-30-25)23-20(24(35-33-23)16-5-6-16)19-8-7-17(13-29-19)15-9-11-28-12-10-15/h7-8,13-16,18,28H,1-6,9-12H2,(H2,27,30,31). The Morgan fingerprint density at radius 2 is 1.74 bits per heavy atom. The number of aromatic nitrogens is 6. The van der Waals surface area contributed by atoms with Crippen molar-refractivity contribution in [2.75, 3.05) is 18.8 Å². The molecule has 0 radical (unpaired) electrons. The Morgan fingerprint density at radius 3 is 2.49 bits per heavy atom. The maximum absolute atomic E-state index is 6.39. The smallest absolute Gasteiger partial charge is 0.164 e. The lowest BCUT2D eigenvalue weighted by Gasteiger charge is -2.22. The van der Waals surface area contributed by atoms with E-state index in [0.29, 0.717) is 35.1 Å². The Kier molecular flexibility index (Phi) is 5.04. The molecule has 0 atom stereocenters. The zero-order valence-electron chi connectivity index (χ0n) is 19.8. The third-order valence-corrected chi connectivity index (χ3v) is 7.93. The van der Waals surface area contributed by atoms with E-state index in [-0.39, 0.29) is 0 Å². The van der Waals surface area contributed by atoms with Gasteiger partial charge in [-0.1, -0.05) is 24.1 Å². The molecule has 3 N–H and O–H groups in total. The van der Waals surface area contributed by atoms with Crippen LogP contribution in [0, 0.1) is 0 Å². The van der Waals surface area contributed by atoms with E-state index in [2.05, 4.69) is 32.6 Å². The van der Waals surface area contributed by atoms with Gasteiger partial charge in [-0.15, -0.1) is 0 Å². The summed E-state index contributed by atoms with van der Waals surface area (Å²) in [5, 5.41) is 13.8. The summed E-state index contributed by atoms with van der Waals surface area (Å²) in [7, 11) is 0. The first-order valence-corrected chi connectivity index (χ1v) is 12.9. The summed E-state index contributed by atoms with van der Waals surface area (Å²) in [5.41, 5.74) is 11.7. The normalized spacial score (nSPS) is 19.7. The number of fused-ring (bicyclic) bond motifs is 1. The summed E-state index contributed by atoms with van der Waals surface area (Å²) in [4.78, 5) is 13.8. The van der Waals surface area contributed by atoms with E-state index < -0.39 is 0 Å². The molecule has 0 amide bonds. The number of nitrogens with two attached hydrogens (primary N) is 1. The van der Waals surface area contributed by atoms with Gasteiger partial charge in [-0.3, -0.25) is 4.98 Å². The zero-order chi connectivity index (χ0) is 23.4. The molecule has 7 rings (SSSR count). The monoisotopic (exact) mass is 470 g/mol. The van der Waals surface area contributed by atoms with Crippen LogP contribution in [0.2, 0.25) is 0 Å². The molecule has 35 heavy (non-hydrogen) atoms. The third kappa shape index (κ3) is 3.60. The molecule has 3 aliphatic rings. The fraction of sp³-hybridized carbons (Fsp3) is 0.500. The van der Waals surface area contributed by atoms with E-state index in [1.807, 2.05) is 10.9 Å². The summed E-state index contributed by atoms with van der Waals surface area (Å²) in [6, 6.07) is 4.66. The summed E-state index contributed by atoms with van der Waals surface area (Å²) in [6.07, 6.45) is 12.7. The van der Waals surface area contributed by atoms with Crippen LogP contribution < -0.4 is 11.1 Å². The second-order valence-electron chi connectivity index (χ2n) is 10.2. The molecule has 9 nitrogen and oxygen atoms in total. The molecule has 5 heterocycles. The Labute approximate surface area is 203 Å². The van der Waals surface area contributed by atoms with E-state index in [0.717, 1.165) is 79.7 Å². The van der Waals surface area contributed by atoms with Crippen LogP contribution in [-0.4, -0.2) is 43.0 Å². The van der Waals surface area contributed by atoms with Gasteiger partial charge in [-0.25, -0.2) is 14.6 Å². The number of anilines is 1. The van der Waals surface area contributed by atoms with Crippen molar-refractivity contribution in [3.05, 3.63) is 36.0 Å². The maximum Gasteiger partial charge on any atom is 0.164 e. The lowest BCUT2D eigenvalue weighted by atomic mass is 9.91. The van der Waals surface area contributed by atoms with Crippen LogP contribution in [0.15, 0.2) is 29.2 Å². The summed E-state index contributed by atoms with van der Waals surface area (Å²) < 4.78 is 8.01.